The number of pyridine rings is 1. The number of hydrogen-bond acceptors (Lipinski definition) is 4. The lowest BCUT2D eigenvalue weighted by molar-refractivity contribution is 0.232. The van der Waals surface area contributed by atoms with E-state index in [0.29, 0.717) is 13.1 Å². The van der Waals surface area contributed by atoms with Crippen LogP contribution in [0.3, 0.4) is 0 Å². The lowest BCUT2D eigenvalue weighted by Gasteiger charge is -2.25. The Morgan fingerprint density at radius 3 is 2.71 bits per heavy atom. The molecule has 3 rings (SSSR count). The van der Waals surface area contributed by atoms with E-state index in [2.05, 4.69) is 20.6 Å². The minimum absolute atomic E-state index is 0.162. The van der Waals surface area contributed by atoms with E-state index in [9.17, 15) is 9.90 Å². The number of nitrogens with zero attached hydrogens (tertiary/aromatic N) is 3. The Morgan fingerprint density at radius 1 is 1.18 bits per heavy atom. The van der Waals surface area contributed by atoms with Crippen LogP contribution in [0.5, 0.6) is 5.75 Å². The SMILES string of the molecule is CN(C)C(CNC(=O)NCCc1cnn2ccccc12)Cc1ccc(O)cc1. The summed E-state index contributed by atoms with van der Waals surface area (Å²) in [6.07, 6.45) is 5.27. The highest BCUT2D eigenvalue weighted by atomic mass is 16.3. The summed E-state index contributed by atoms with van der Waals surface area (Å²) >= 11 is 0. The van der Waals surface area contributed by atoms with Gasteiger partial charge in [0.1, 0.15) is 5.75 Å². The zero-order chi connectivity index (χ0) is 19.9. The number of carbonyl (C=O) groups excluding carboxylic acids is 1. The molecule has 0 saturated heterocycles. The second-order valence-electron chi connectivity index (χ2n) is 7.08. The molecule has 3 aromatic rings. The highest BCUT2D eigenvalue weighted by Crippen LogP contribution is 2.13. The Morgan fingerprint density at radius 2 is 1.96 bits per heavy atom. The summed E-state index contributed by atoms with van der Waals surface area (Å²) in [5.41, 5.74) is 3.29. The average molecular weight is 381 g/mol. The molecule has 0 spiro atoms. The molecule has 148 valence electrons. The summed E-state index contributed by atoms with van der Waals surface area (Å²) in [5.74, 6) is 0.258. The van der Waals surface area contributed by atoms with E-state index in [4.69, 9.17) is 0 Å². The van der Waals surface area contributed by atoms with Crippen molar-refractivity contribution >= 4 is 11.5 Å². The summed E-state index contributed by atoms with van der Waals surface area (Å²) in [6, 6.07) is 13.1. The molecular formula is C21H27N5O2. The maximum absolute atomic E-state index is 12.2. The Balaban J connectivity index is 1.44. The lowest BCUT2D eigenvalue weighted by atomic mass is 10.1. The topological polar surface area (TPSA) is 81.9 Å². The monoisotopic (exact) mass is 381 g/mol. The number of fused-ring (bicyclic) bond motifs is 1. The van der Waals surface area contributed by atoms with Crippen LogP contribution in [0.25, 0.3) is 5.52 Å². The molecular weight excluding hydrogens is 354 g/mol. The van der Waals surface area contributed by atoms with Gasteiger partial charge in [0.2, 0.25) is 0 Å². The van der Waals surface area contributed by atoms with Crippen LogP contribution >= 0.6 is 0 Å². The number of phenols is 1. The molecule has 1 atom stereocenters. The van der Waals surface area contributed by atoms with E-state index < -0.39 is 0 Å². The van der Waals surface area contributed by atoms with Crippen molar-refractivity contribution in [1.82, 2.24) is 25.1 Å². The van der Waals surface area contributed by atoms with E-state index >= 15 is 0 Å². The number of benzene rings is 1. The van der Waals surface area contributed by atoms with Crippen LogP contribution < -0.4 is 10.6 Å². The number of rotatable bonds is 8. The second kappa shape index (κ2) is 9.23. The van der Waals surface area contributed by atoms with E-state index in [1.807, 2.05) is 61.3 Å². The average Bonchev–Trinajstić information content (AvgIpc) is 3.09. The number of nitrogens with one attached hydrogen (secondary N) is 2. The van der Waals surface area contributed by atoms with Crippen LogP contribution in [0.15, 0.2) is 54.9 Å². The Bertz CT molecular complexity index is 905. The van der Waals surface area contributed by atoms with Gasteiger partial charge in [-0.25, -0.2) is 9.31 Å². The third kappa shape index (κ3) is 5.23. The van der Waals surface area contributed by atoms with Crippen molar-refractivity contribution in [3.63, 3.8) is 0 Å². The number of hydrogen-bond donors (Lipinski definition) is 3. The summed E-state index contributed by atoms with van der Waals surface area (Å²) in [4.78, 5) is 14.3. The normalized spacial score (nSPS) is 12.2. The van der Waals surface area contributed by atoms with Crippen molar-refractivity contribution in [3.05, 3.63) is 66.0 Å². The predicted octanol–water partition coefficient (Wildman–Crippen LogP) is 2.05. The second-order valence-corrected chi connectivity index (χ2v) is 7.08. The third-order valence-electron chi connectivity index (χ3n) is 4.82. The minimum Gasteiger partial charge on any atom is -0.508 e. The molecule has 0 aliphatic rings. The van der Waals surface area contributed by atoms with Crippen molar-refractivity contribution in [2.24, 2.45) is 0 Å². The first-order valence-electron chi connectivity index (χ1n) is 9.40. The number of aromatic nitrogens is 2. The summed E-state index contributed by atoms with van der Waals surface area (Å²) in [5, 5.41) is 19.6. The molecule has 0 aliphatic carbocycles. The molecule has 7 nitrogen and oxygen atoms in total. The maximum atomic E-state index is 12.2. The summed E-state index contributed by atoms with van der Waals surface area (Å²) < 4.78 is 1.83. The van der Waals surface area contributed by atoms with Crippen LogP contribution in [0, 0.1) is 0 Å². The van der Waals surface area contributed by atoms with Crippen molar-refractivity contribution in [1.29, 1.82) is 0 Å². The van der Waals surface area contributed by atoms with Crippen LogP contribution in [0.4, 0.5) is 4.79 Å². The zero-order valence-electron chi connectivity index (χ0n) is 16.3. The zero-order valence-corrected chi connectivity index (χ0v) is 16.3. The van der Waals surface area contributed by atoms with Gasteiger partial charge in [0.25, 0.3) is 0 Å². The van der Waals surface area contributed by atoms with Crippen LogP contribution in [-0.2, 0) is 12.8 Å². The molecule has 0 fully saturated rings. The quantitative estimate of drug-likeness (QED) is 0.558. The molecule has 2 heterocycles. The van der Waals surface area contributed by atoms with Crippen molar-refractivity contribution < 1.29 is 9.90 Å². The van der Waals surface area contributed by atoms with Gasteiger partial charge in [0.05, 0.1) is 11.7 Å². The molecule has 3 N–H and O–H groups in total. The standard InChI is InChI=1S/C21H27N5O2/c1-25(2)18(13-16-6-8-19(27)9-7-16)15-23-21(28)22-11-10-17-14-24-26-12-4-3-5-20(17)26/h3-9,12,14,18,27H,10-11,13,15H2,1-2H3,(H2,22,23,28). The Hall–Kier alpha value is -3.06. The van der Waals surface area contributed by atoms with E-state index in [1.54, 1.807) is 12.1 Å². The molecule has 0 saturated carbocycles. The minimum atomic E-state index is -0.172. The van der Waals surface area contributed by atoms with Crippen LogP contribution in [0.1, 0.15) is 11.1 Å². The number of likely N-dealkylation sites (N-methyl/N-ethyl adjacent to an activating group) is 1. The summed E-state index contributed by atoms with van der Waals surface area (Å²) in [6.45, 7) is 1.09. The number of urea groups is 1. The Labute approximate surface area is 165 Å². The van der Waals surface area contributed by atoms with E-state index in [-0.39, 0.29) is 17.8 Å². The highest BCUT2D eigenvalue weighted by molar-refractivity contribution is 5.73. The highest BCUT2D eigenvalue weighted by Gasteiger charge is 2.14. The fraction of sp³-hybridized carbons (Fsp3) is 0.333. The smallest absolute Gasteiger partial charge is 0.314 e. The summed E-state index contributed by atoms with van der Waals surface area (Å²) in [7, 11) is 3.99. The van der Waals surface area contributed by atoms with Gasteiger partial charge < -0.3 is 20.6 Å². The van der Waals surface area contributed by atoms with Gasteiger partial charge in [0, 0.05) is 25.3 Å². The molecule has 0 aliphatic heterocycles. The largest absolute Gasteiger partial charge is 0.508 e. The molecule has 0 radical (unpaired) electrons. The first-order valence-corrected chi connectivity index (χ1v) is 9.40. The molecule has 1 aromatic carbocycles. The fourth-order valence-electron chi connectivity index (χ4n) is 3.11. The third-order valence-corrected chi connectivity index (χ3v) is 4.82. The fourth-order valence-corrected chi connectivity index (χ4v) is 3.11. The van der Waals surface area contributed by atoms with Crippen molar-refractivity contribution in [2.45, 2.75) is 18.9 Å². The van der Waals surface area contributed by atoms with Gasteiger partial charge in [-0.15, -0.1) is 0 Å². The first kappa shape index (κ1) is 19.7. The molecule has 2 amide bonds. The molecule has 0 bridgehead atoms. The van der Waals surface area contributed by atoms with Gasteiger partial charge in [-0.1, -0.05) is 18.2 Å². The van der Waals surface area contributed by atoms with Gasteiger partial charge >= 0.3 is 6.03 Å². The van der Waals surface area contributed by atoms with Gasteiger partial charge in [-0.05, 0) is 62.3 Å². The number of carbonyl (C=O) groups is 1. The lowest BCUT2D eigenvalue weighted by Crippen LogP contribution is -2.45. The maximum Gasteiger partial charge on any atom is 0.314 e. The molecule has 7 heteroatoms. The number of amides is 2. The van der Waals surface area contributed by atoms with E-state index in [1.165, 1.54) is 0 Å². The van der Waals surface area contributed by atoms with Gasteiger partial charge in [0.15, 0.2) is 0 Å². The first-order chi connectivity index (χ1) is 13.5. The van der Waals surface area contributed by atoms with Gasteiger partial charge in [-0.3, -0.25) is 0 Å². The molecule has 2 aromatic heterocycles. The van der Waals surface area contributed by atoms with Crippen LogP contribution in [0.2, 0.25) is 0 Å². The van der Waals surface area contributed by atoms with Crippen molar-refractivity contribution in [2.75, 3.05) is 27.2 Å². The van der Waals surface area contributed by atoms with Gasteiger partial charge in [-0.2, -0.15) is 5.10 Å². The number of phenolic OH excluding ortho intramolecular Hbond substituents is 1. The Kier molecular flexibility index (Phi) is 6.49. The molecule has 1 unspecified atom stereocenters. The molecule has 28 heavy (non-hydrogen) atoms. The van der Waals surface area contributed by atoms with Crippen LogP contribution in [-0.4, -0.2) is 58.9 Å². The number of aromatic hydroxyl groups is 1. The predicted molar refractivity (Wildman–Crippen MR) is 110 cm³/mol. The van der Waals surface area contributed by atoms with E-state index in [0.717, 1.165) is 29.5 Å². The van der Waals surface area contributed by atoms with Crippen molar-refractivity contribution in [3.8, 4) is 5.75 Å².